The fourth-order valence-electron chi connectivity index (χ4n) is 1.67. The molecule has 1 unspecified atom stereocenters. The van der Waals surface area contributed by atoms with Crippen LogP contribution in [0.15, 0.2) is 12.1 Å². The first-order valence-corrected chi connectivity index (χ1v) is 6.01. The minimum Gasteiger partial charge on any atom is -0.479 e. The Labute approximate surface area is 108 Å². The quantitative estimate of drug-likeness (QED) is 0.660. The van der Waals surface area contributed by atoms with E-state index in [-0.39, 0.29) is 11.9 Å². The van der Waals surface area contributed by atoms with Gasteiger partial charge in [0.1, 0.15) is 5.75 Å². The second-order valence-corrected chi connectivity index (χ2v) is 4.68. The molecule has 100 valence electrons. The number of rotatable bonds is 4. The second-order valence-electron chi connectivity index (χ2n) is 4.68. The van der Waals surface area contributed by atoms with Crippen LogP contribution in [0, 0.1) is 6.92 Å². The Morgan fingerprint density at radius 1 is 1.28 bits per heavy atom. The lowest BCUT2D eigenvalue weighted by atomic mass is 9.99. The van der Waals surface area contributed by atoms with E-state index < -0.39 is 6.10 Å². The molecule has 0 aromatic heterocycles. The Hall–Kier alpha value is -1.71. The third-order valence-corrected chi connectivity index (χ3v) is 2.86. The van der Waals surface area contributed by atoms with Crippen LogP contribution < -0.4 is 10.5 Å². The van der Waals surface area contributed by atoms with Crippen LogP contribution in [0.4, 0.5) is 5.69 Å². The van der Waals surface area contributed by atoms with Crippen LogP contribution in [0.1, 0.15) is 37.8 Å². The fraction of sp³-hybridized carbons (Fsp3) is 0.500. The highest BCUT2D eigenvalue weighted by molar-refractivity contribution is 5.74. The van der Waals surface area contributed by atoms with Gasteiger partial charge in [0.15, 0.2) is 6.10 Å². The average molecular weight is 251 g/mol. The van der Waals surface area contributed by atoms with Crippen molar-refractivity contribution in [3.63, 3.8) is 0 Å². The molecule has 2 N–H and O–H groups in total. The minimum atomic E-state index is -0.629. The van der Waals surface area contributed by atoms with E-state index in [1.165, 1.54) is 7.11 Å². The normalized spacial score (nSPS) is 12.3. The van der Waals surface area contributed by atoms with Crippen molar-refractivity contribution >= 4 is 11.7 Å². The number of hydrogen-bond acceptors (Lipinski definition) is 4. The fourth-order valence-corrected chi connectivity index (χ4v) is 1.67. The number of benzene rings is 1. The van der Waals surface area contributed by atoms with Crippen LogP contribution in [0.25, 0.3) is 0 Å². The van der Waals surface area contributed by atoms with Gasteiger partial charge in [0.05, 0.1) is 7.11 Å². The Balaban J connectivity index is 3.07. The first kappa shape index (κ1) is 14.4. The van der Waals surface area contributed by atoms with Crippen LogP contribution >= 0.6 is 0 Å². The molecule has 1 aromatic carbocycles. The maximum absolute atomic E-state index is 11.4. The summed E-state index contributed by atoms with van der Waals surface area (Å²) in [6, 6.07) is 3.77. The summed E-state index contributed by atoms with van der Waals surface area (Å²) in [5, 5.41) is 0. The van der Waals surface area contributed by atoms with Crippen molar-refractivity contribution in [2.45, 2.75) is 39.7 Å². The Morgan fingerprint density at radius 3 is 2.39 bits per heavy atom. The number of nitrogens with two attached hydrogens (primary N) is 1. The zero-order chi connectivity index (χ0) is 13.9. The summed E-state index contributed by atoms with van der Waals surface area (Å²) in [5.74, 6) is 0.571. The number of methoxy groups -OCH3 is 1. The number of hydrogen-bond donors (Lipinski definition) is 1. The first-order chi connectivity index (χ1) is 8.36. The van der Waals surface area contributed by atoms with Gasteiger partial charge in [-0.05, 0) is 43.0 Å². The van der Waals surface area contributed by atoms with Gasteiger partial charge in [0.2, 0.25) is 0 Å². The van der Waals surface area contributed by atoms with E-state index in [9.17, 15) is 4.79 Å². The van der Waals surface area contributed by atoms with Crippen LogP contribution in [0.5, 0.6) is 5.75 Å². The molecular formula is C14H21NO3. The topological polar surface area (TPSA) is 61.5 Å². The number of nitrogen functional groups attached to an aromatic ring is 1. The molecule has 1 atom stereocenters. The lowest BCUT2D eigenvalue weighted by molar-refractivity contribution is -0.147. The van der Waals surface area contributed by atoms with Crippen molar-refractivity contribution in [3.8, 4) is 5.75 Å². The molecule has 18 heavy (non-hydrogen) atoms. The Kier molecular flexibility index (Phi) is 4.59. The number of anilines is 1. The van der Waals surface area contributed by atoms with Gasteiger partial charge in [-0.1, -0.05) is 13.8 Å². The largest absolute Gasteiger partial charge is 0.479 e. The van der Waals surface area contributed by atoms with Gasteiger partial charge in [0, 0.05) is 5.69 Å². The lowest BCUT2D eigenvalue weighted by Gasteiger charge is -2.19. The molecule has 0 aliphatic rings. The number of esters is 1. The summed E-state index contributed by atoms with van der Waals surface area (Å²) in [4.78, 5) is 11.4. The molecule has 0 aliphatic heterocycles. The van der Waals surface area contributed by atoms with Gasteiger partial charge in [-0.3, -0.25) is 0 Å². The first-order valence-electron chi connectivity index (χ1n) is 6.01. The SMILES string of the molecule is COC(=O)C(C)Oc1cc(C)c(N)cc1C(C)C. The average Bonchev–Trinajstić information content (AvgIpc) is 2.31. The highest BCUT2D eigenvalue weighted by Gasteiger charge is 2.18. The molecule has 0 bridgehead atoms. The van der Waals surface area contributed by atoms with E-state index in [4.69, 9.17) is 10.5 Å². The highest BCUT2D eigenvalue weighted by atomic mass is 16.6. The predicted octanol–water partition coefficient (Wildman–Crippen LogP) is 2.64. The van der Waals surface area contributed by atoms with Gasteiger partial charge in [-0.25, -0.2) is 4.79 Å². The van der Waals surface area contributed by atoms with Crippen molar-refractivity contribution < 1.29 is 14.3 Å². The number of carbonyl (C=O) groups is 1. The molecule has 0 amide bonds. The summed E-state index contributed by atoms with van der Waals surface area (Å²) >= 11 is 0. The molecule has 0 heterocycles. The standard InChI is InChI=1S/C14H21NO3/c1-8(2)11-7-12(15)9(3)6-13(11)18-10(4)14(16)17-5/h6-8,10H,15H2,1-5H3. The smallest absolute Gasteiger partial charge is 0.346 e. The van der Waals surface area contributed by atoms with Crippen molar-refractivity contribution in [2.75, 3.05) is 12.8 Å². The molecule has 0 radical (unpaired) electrons. The lowest BCUT2D eigenvalue weighted by Crippen LogP contribution is -2.25. The van der Waals surface area contributed by atoms with E-state index in [0.717, 1.165) is 16.8 Å². The van der Waals surface area contributed by atoms with E-state index in [0.29, 0.717) is 5.75 Å². The van der Waals surface area contributed by atoms with Gasteiger partial charge in [0.25, 0.3) is 0 Å². The molecule has 0 saturated heterocycles. The van der Waals surface area contributed by atoms with Crippen molar-refractivity contribution in [3.05, 3.63) is 23.3 Å². The van der Waals surface area contributed by atoms with Crippen molar-refractivity contribution in [1.29, 1.82) is 0 Å². The van der Waals surface area contributed by atoms with Gasteiger partial charge in [-0.15, -0.1) is 0 Å². The minimum absolute atomic E-state index is 0.271. The molecule has 4 heteroatoms. The summed E-state index contributed by atoms with van der Waals surface area (Å²) in [6.45, 7) is 7.69. The predicted molar refractivity (Wildman–Crippen MR) is 71.8 cm³/mol. The van der Waals surface area contributed by atoms with Gasteiger partial charge < -0.3 is 15.2 Å². The highest BCUT2D eigenvalue weighted by Crippen LogP contribution is 2.31. The summed E-state index contributed by atoms with van der Waals surface area (Å²) in [7, 11) is 1.35. The summed E-state index contributed by atoms with van der Waals surface area (Å²) in [6.07, 6.45) is -0.629. The summed E-state index contributed by atoms with van der Waals surface area (Å²) in [5.41, 5.74) is 8.56. The van der Waals surface area contributed by atoms with Gasteiger partial charge >= 0.3 is 5.97 Å². The number of aryl methyl sites for hydroxylation is 1. The maximum Gasteiger partial charge on any atom is 0.346 e. The molecule has 0 aliphatic carbocycles. The van der Waals surface area contributed by atoms with Crippen LogP contribution in [-0.2, 0) is 9.53 Å². The van der Waals surface area contributed by atoms with Crippen LogP contribution in [0.3, 0.4) is 0 Å². The third kappa shape index (κ3) is 3.15. The zero-order valence-corrected chi connectivity index (χ0v) is 11.6. The van der Waals surface area contributed by atoms with Crippen LogP contribution in [-0.4, -0.2) is 19.2 Å². The zero-order valence-electron chi connectivity index (χ0n) is 11.6. The number of ether oxygens (including phenoxy) is 2. The van der Waals surface area contributed by atoms with Gasteiger partial charge in [-0.2, -0.15) is 0 Å². The Bertz CT molecular complexity index is 441. The van der Waals surface area contributed by atoms with Crippen molar-refractivity contribution in [2.24, 2.45) is 0 Å². The molecule has 1 aromatic rings. The third-order valence-electron chi connectivity index (χ3n) is 2.86. The van der Waals surface area contributed by atoms with E-state index in [1.807, 2.05) is 19.1 Å². The molecule has 0 spiro atoms. The monoisotopic (exact) mass is 251 g/mol. The van der Waals surface area contributed by atoms with Crippen LogP contribution in [0.2, 0.25) is 0 Å². The molecule has 1 rings (SSSR count). The van der Waals surface area contributed by atoms with E-state index in [2.05, 4.69) is 18.6 Å². The second kappa shape index (κ2) is 5.76. The number of carbonyl (C=O) groups excluding carboxylic acids is 1. The van der Waals surface area contributed by atoms with E-state index >= 15 is 0 Å². The Morgan fingerprint density at radius 2 is 1.89 bits per heavy atom. The maximum atomic E-state index is 11.4. The van der Waals surface area contributed by atoms with E-state index in [1.54, 1.807) is 6.92 Å². The molecular weight excluding hydrogens is 230 g/mol. The molecule has 0 fully saturated rings. The molecule has 0 saturated carbocycles. The van der Waals surface area contributed by atoms with Crippen molar-refractivity contribution in [1.82, 2.24) is 0 Å². The summed E-state index contributed by atoms with van der Waals surface area (Å²) < 4.78 is 10.3. The molecule has 4 nitrogen and oxygen atoms in total.